The first-order chi connectivity index (χ1) is 13.2. The van der Waals surface area contributed by atoms with Gasteiger partial charge in [0, 0.05) is 36.0 Å². The van der Waals surface area contributed by atoms with E-state index in [0.717, 1.165) is 33.4 Å². The Morgan fingerprint density at radius 1 is 1.15 bits per heavy atom. The summed E-state index contributed by atoms with van der Waals surface area (Å²) in [5.41, 5.74) is 5.20. The average molecular weight is 359 g/mol. The third-order valence-corrected chi connectivity index (χ3v) is 4.72. The van der Waals surface area contributed by atoms with Crippen LogP contribution in [0.2, 0.25) is 0 Å². The number of hydrogen-bond donors (Lipinski definition) is 2. The van der Waals surface area contributed by atoms with Gasteiger partial charge in [-0.05, 0) is 29.8 Å². The monoisotopic (exact) mass is 359 g/mol. The molecule has 0 saturated heterocycles. The van der Waals surface area contributed by atoms with Crippen molar-refractivity contribution in [1.82, 2.24) is 25.1 Å². The summed E-state index contributed by atoms with van der Waals surface area (Å²) in [5.74, 6) is 0.507. The van der Waals surface area contributed by atoms with Gasteiger partial charge in [0.25, 0.3) is 5.91 Å². The molecule has 0 unspecified atom stereocenters. The molecule has 1 aliphatic heterocycles. The van der Waals surface area contributed by atoms with Crippen molar-refractivity contribution < 1.29 is 9.53 Å². The van der Waals surface area contributed by atoms with E-state index >= 15 is 0 Å². The molecule has 0 spiro atoms. The molecule has 1 amide bonds. The Balaban J connectivity index is 1.58. The van der Waals surface area contributed by atoms with Crippen LogP contribution in [-0.2, 0) is 7.05 Å². The second-order valence-corrected chi connectivity index (χ2v) is 6.51. The molecule has 27 heavy (non-hydrogen) atoms. The average Bonchev–Trinajstić information content (AvgIpc) is 3.25. The summed E-state index contributed by atoms with van der Waals surface area (Å²) in [5, 5.41) is 8.04. The normalized spacial score (nSPS) is 13.7. The van der Waals surface area contributed by atoms with E-state index in [2.05, 4.69) is 21.5 Å². The number of aromatic nitrogens is 4. The highest BCUT2D eigenvalue weighted by Crippen LogP contribution is 2.33. The zero-order chi connectivity index (χ0) is 18.4. The molecule has 0 radical (unpaired) electrons. The molecule has 2 N–H and O–H groups in total. The number of carbonyl (C=O) groups is 1. The Morgan fingerprint density at radius 3 is 2.93 bits per heavy atom. The van der Waals surface area contributed by atoms with E-state index < -0.39 is 0 Å². The van der Waals surface area contributed by atoms with Crippen molar-refractivity contribution in [2.45, 2.75) is 0 Å². The van der Waals surface area contributed by atoms with Gasteiger partial charge in [-0.15, -0.1) is 0 Å². The van der Waals surface area contributed by atoms with Crippen molar-refractivity contribution >= 4 is 16.9 Å². The molecule has 4 aromatic rings. The fraction of sp³-hybridized carbons (Fsp3) is 0.150. The molecule has 0 atom stereocenters. The number of aryl methyl sites for hydroxylation is 1. The minimum Gasteiger partial charge on any atom is -0.491 e. The van der Waals surface area contributed by atoms with Crippen molar-refractivity contribution in [3.63, 3.8) is 0 Å². The van der Waals surface area contributed by atoms with Gasteiger partial charge >= 0.3 is 0 Å². The molecule has 134 valence electrons. The van der Waals surface area contributed by atoms with E-state index in [1.54, 1.807) is 10.9 Å². The number of benzene rings is 1. The molecule has 7 heteroatoms. The SMILES string of the molecule is Cn1cc(-c2ccc3c(-c4ccc5c(c4)OCCNC5=O)c[nH]c3n2)cn1. The highest BCUT2D eigenvalue weighted by Gasteiger charge is 2.18. The first-order valence-electron chi connectivity index (χ1n) is 8.71. The van der Waals surface area contributed by atoms with Crippen LogP contribution < -0.4 is 10.1 Å². The van der Waals surface area contributed by atoms with Gasteiger partial charge in [-0.1, -0.05) is 6.07 Å². The van der Waals surface area contributed by atoms with E-state index in [-0.39, 0.29) is 5.91 Å². The number of pyridine rings is 1. The summed E-state index contributed by atoms with van der Waals surface area (Å²) in [6.07, 6.45) is 5.67. The summed E-state index contributed by atoms with van der Waals surface area (Å²) < 4.78 is 7.49. The number of aromatic amines is 1. The summed E-state index contributed by atoms with van der Waals surface area (Å²) in [6, 6.07) is 9.70. The largest absolute Gasteiger partial charge is 0.491 e. The number of hydrogen-bond acceptors (Lipinski definition) is 4. The van der Waals surface area contributed by atoms with Crippen LogP contribution in [0.25, 0.3) is 33.4 Å². The van der Waals surface area contributed by atoms with Gasteiger partial charge in [-0.25, -0.2) is 4.98 Å². The van der Waals surface area contributed by atoms with Crippen LogP contribution in [0.5, 0.6) is 5.75 Å². The molecule has 1 aliphatic rings. The van der Waals surface area contributed by atoms with E-state index in [1.165, 1.54) is 0 Å². The Hall–Kier alpha value is -3.61. The number of fused-ring (bicyclic) bond motifs is 2. The van der Waals surface area contributed by atoms with Crippen molar-refractivity contribution in [1.29, 1.82) is 0 Å². The lowest BCUT2D eigenvalue weighted by Crippen LogP contribution is -2.24. The van der Waals surface area contributed by atoms with Crippen LogP contribution in [0, 0.1) is 0 Å². The van der Waals surface area contributed by atoms with Crippen molar-refractivity contribution in [3.8, 4) is 28.1 Å². The summed E-state index contributed by atoms with van der Waals surface area (Å²) >= 11 is 0. The zero-order valence-corrected chi connectivity index (χ0v) is 14.7. The van der Waals surface area contributed by atoms with Crippen LogP contribution in [0.3, 0.4) is 0 Å². The topological polar surface area (TPSA) is 84.8 Å². The number of H-pyrrole nitrogens is 1. The van der Waals surface area contributed by atoms with Gasteiger partial charge in [-0.3, -0.25) is 9.48 Å². The van der Waals surface area contributed by atoms with E-state index in [4.69, 9.17) is 9.72 Å². The minimum atomic E-state index is -0.101. The second-order valence-electron chi connectivity index (χ2n) is 6.51. The van der Waals surface area contributed by atoms with E-state index in [0.29, 0.717) is 24.5 Å². The van der Waals surface area contributed by atoms with Gasteiger partial charge in [0.2, 0.25) is 0 Å². The van der Waals surface area contributed by atoms with Gasteiger partial charge in [0.15, 0.2) is 0 Å². The molecule has 5 rings (SSSR count). The first-order valence-corrected chi connectivity index (χ1v) is 8.71. The molecule has 1 aromatic carbocycles. The Labute approximate surface area is 155 Å². The molecule has 0 fully saturated rings. The summed E-state index contributed by atoms with van der Waals surface area (Å²) in [4.78, 5) is 20.0. The number of amides is 1. The molecule has 0 bridgehead atoms. The Morgan fingerprint density at radius 2 is 2.07 bits per heavy atom. The first kappa shape index (κ1) is 15.6. The number of nitrogens with one attached hydrogen (secondary N) is 2. The minimum absolute atomic E-state index is 0.101. The predicted molar refractivity (Wildman–Crippen MR) is 102 cm³/mol. The van der Waals surface area contributed by atoms with Gasteiger partial charge in [0.05, 0.1) is 24.0 Å². The summed E-state index contributed by atoms with van der Waals surface area (Å²) in [7, 11) is 1.88. The van der Waals surface area contributed by atoms with Crippen LogP contribution in [0.1, 0.15) is 10.4 Å². The second kappa shape index (κ2) is 5.98. The van der Waals surface area contributed by atoms with Gasteiger partial charge in [-0.2, -0.15) is 5.10 Å². The maximum Gasteiger partial charge on any atom is 0.255 e. The quantitative estimate of drug-likeness (QED) is 0.576. The molecule has 3 aromatic heterocycles. The maximum absolute atomic E-state index is 12.1. The molecule has 7 nitrogen and oxygen atoms in total. The van der Waals surface area contributed by atoms with E-state index in [9.17, 15) is 4.79 Å². The third kappa shape index (κ3) is 2.64. The van der Waals surface area contributed by atoms with Crippen LogP contribution in [0.15, 0.2) is 48.9 Å². The Kier molecular flexibility index (Phi) is 3.46. The molecule has 0 aliphatic carbocycles. The standard InChI is InChI=1S/C20H17N5O2/c1-25-11-13(9-23-25)17-5-4-14-16(10-22-19(14)24-17)12-2-3-15-18(8-12)27-7-6-21-20(15)26/h2-5,8-11H,6-7H2,1H3,(H,21,26)(H,22,24). The molecule has 4 heterocycles. The Bertz CT molecular complexity index is 1170. The summed E-state index contributed by atoms with van der Waals surface area (Å²) in [6.45, 7) is 0.975. The molecular weight excluding hydrogens is 342 g/mol. The van der Waals surface area contributed by atoms with Crippen molar-refractivity contribution in [2.24, 2.45) is 7.05 Å². The third-order valence-electron chi connectivity index (χ3n) is 4.72. The smallest absolute Gasteiger partial charge is 0.255 e. The van der Waals surface area contributed by atoms with Crippen molar-refractivity contribution in [3.05, 3.63) is 54.5 Å². The zero-order valence-electron chi connectivity index (χ0n) is 14.7. The lowest BCUT2D eigenvalue weighted by atomic mass is 10.0. The maximum atomic E-state index is 12.1. The van der Waals surface area contributed by atoms with Crippen molar-refractivity contribution in [2.75, 3.05) is 13.2 Å². The lowest BCUT2D eigenvalue weighted by molar-refractivity contribution is 0.0957. The van der Waals surface area contributed by atoms with Crippen LogP contribution >= 0.6 is 0 Å². The fourth-order valence-electron chi connectivity index (χ4n) is 3.38. The van der Waals surface area contributed by atoms with Crippen LogP contribution in [0.4, 0.5) is 0 Å². The number of carbonyl (C=O) groups excluding carboxylic acids is 1. The lowest BCUT2D eigenvalue weighted by Gasteiger charge is -2.08. The highest BCUT2D eigenvalue weighted by atomic mass is 16.5. The van der Waals surface area contributed by atoms with E-state index in [1.807, 2.05) is 43.7 Å². The predicted octanol–water partition coefficient (Wildman–Crippen LogP) is 2.75. The fourth-order valence-corrected chi connectivity index (χ4v) is 3.38. The number of rotatable bonds is 2. The highest BCUT2D eigenvalue weighted by molar-refractivity contribution is 5.99. The molecule has 0 saturated carbocycles. The van der Waals surface area contributed by atoms with Crippen LogP contribution in [-0.4, -0.2) is 38.8 Å². The number of nitrogens with zero attached hydrogens (tertiary/aromatic N) is 3. The molecular formula is C20H17N5O2. The van der Waals surface area contributed by atoms with Gasteiger partial charge < -0.3 is 15.0 Å². The van der Waals surface area contributed by atoms with Gasteiger partial charge in [0.1, 0.15) is 18.0 Å². The number of ether oxygens (including phenoxy) is 1.